The predicted molar refractivity (Wildman–Crippen MR) is 82.0 cm³/mol. The molecule has 0 aromatic heterocycles. The first-order valence-electron chi connectivity index (χ1n) is 6.69. The molecule has 0 aliphatic carbocycles. The molecule has 0 unspecified atom stereocenters. The maximum atomic E-state index is 13.6. The molecule has 0 saturated carbocycles. The molecular weight excluding hydrogens is 353 g/mol. The molecule has 1 heterocycles. The van der Waals surface area contributed by atoms with Gasteiger partial charge in [-0.3, -0.25) is 4.79 Å². The summed E-state index contributed by atoms with van der Waals surface area (Å²) in [6.45, 7) is 0.613. The Labute approximate surface area is 135 Å². The van der Waals surface area contributed by atoms with Crippen LogP contribution in [0.3, 0.4) is 0 Å². The molecule has 6 heteroatoms. The van der Waals surface area contributed by atoms with Gasteiger partial charge in [0.05, 0.1) is 12.2 Å². The van der Waals surface area contributed by atoms with E-state index in [9.17, 15) is 9.18 Å². The summed E-state index contributed by atoms with van der Waals surface area (Å²) in [4.78, 5) is 12.2. The molecule has 1 aliphatic heterocycles. The third-order valence-electron chi connectivity index (χ3n) is 3.31. The van der Waals surface area contributed by atoms with Crippen LogP contribution in [-0.4, -0.2) is 12.7 Å². The van der Waals surface area contributed by atoms with Crippen LogP contribution in [0, 0.1) is 5.82 Å². The van der Waals surface area contributed by atoms with Gasteiger partial charge in [0.1, 0.15) is 11.6 Å². The maximum Gasteiger partial charge on any atom is 0.252 e. The highest BCUT2D eigenvalue weighted by atomic mass is 79.9. The molecule has 0 atom stereocenters. The van der Waals surface area contributed by atoms with Crippen molar-refractivity contribution in [3.63, 3.8) is 0 Å². The predicted octanol–water partition coefficient (Wildman–Crippen LogP) is 3.38. The average molecular weight is 366 g/mol. The summed E-state index contributed by atoms with van der Waals surface area (Å²) in [5.41, 5.74) is 1.77. The number of amides is 1. The van der Waals surface area contributed by atoms with Crippen LogP contribution in [0.2, 0.25) is 0 Å². The summed E-state index contributed by atoms with van der Waals surface area (Å²) in [6.07, 6.45) is 0. The Morgan fingerprint density at radius 3 is 2.95 bits per heavy atom. The summed E-state index contributed by atoms with van der Waals surface area (Å²) in [5, 5.41) is 2.78. The van der Waals surface area contributed by atoms with E-state index in [4.69, 9.17) is 9.47 Å². The Kier molecular flexibility index (Phi) is 4.40. The highest BCUT2D eigenvalue weighted by Crippen LogP contribution is 2.29. The number of ether oxygens (including phenoxy) is 2. The van der Waals surface area contributed by atoms with Crippen molar-refractivity contribution in [3.05, 3.63) is 63.4 Å². The topological polar surface area (TPSA) is 47.6 Å². The van der Waals surface area contributed by atoms with Crippen LogP contribution in [0.25, 0.3) is 0 Å². The second kappa shape index (κ2) is 6.46. The molecule has 3 rings (SSSR count). The van der Waals surface area contributed by atoms with Gasteiger partial charge in [-0.1, -0.05) is 12.1 Å². The first kappa shape index (κ1) is 15.0. The van der Waals surface area contributed by atoms with E-state index >= 15 is 0 Å². The number of hydrogen-bond acceptors (Lipinski definition) is 3. The van der Waals surface area contributed by atoms with Crippen molar-refractivity contribution < 1.29 is 18.7 Å². The van der Waals surface area contributed by atoms with Gasteiger partial charge >= 0.3 is 0 Å². The SMILES string of the molecule is O=C(NCc1cc(F)cc2c1OCOC2)c1ccccc1Br. The lowest BCUT2D eigenvalue weighted by atomic mass is 10.1. The van der Waals surface area contributed by atoms with Crippen LogP contribution in [0.1, 0.15) is 21.5 Å². The first-order valence-corrected chi connectivity index (χ1v) is 7.49. The van der Waals surface area contributed by atoms with Gasteiger partial charge in [0, 0.05) is 22.1 Å². The second-order valence-electron chi connectivity index (χ2n) is 4.83. The van der Waals surface area contributed by atoms with E-state index < -0.39 is 0 Å². The summed E-state index contributed by atoms with van der Waals surface area (Å²) in [5.74, 6) is -0.0318. The van der Waals surface area contributed by atoms with Crippen molar-refractivity contribution >= 4 is 21.8 Å². The van der Waals surface area contributed by atoms with Crippen molar-refractivity contribution in [2.75, 3.05) is 6.79 Å². The normalized spacial score (nSPS) is 13.2. The Hall–Kier alpha value is -1.92. The smallest absolute Gasteiger partial charge is 0.252 e. The molecule has 0 radical (unpaired) electrons. The third kappa shape index (κ3) is 3.13. The fourth-order valence-electron chi connectivity index (χ4n) is 2.30. The van der Waals surface area contributed by atoms with Gasteiger partial charge in [0.15, 0.2) is 6.79 Å². The van der Waals surface area contributed by atoms with E-state index in [1.807, 2.05) is 6.07 Å². The molecule has 1 amide bonds. The standard InChI is InChI=1S/C16H13BrFNO3/c17-14-4-2-1-3-13(14)16(20)19-7-10-5-12(18)6-11-8-21-9-22-15(10)11/h1-6H,7-9H2,(H,19,20). The fraction of sp³-hybridized carbons (Fsp3) is 0.188. The van der Waals surface area contributed by atoms with Gasteiger partial charge in [0.25, 0.3) is 5.91 Å². The number of halogens is 2. The number of hydrogen-bond donors (Lipinski definition) is 1. The molecule has 1 N–H and O–H groups in total. The van der Waals surface area contributed by atoms with E-state index in [1.165, 1.54) is 12.1 Å². The Morgan fingerprint density at radius 1 is 1.32 bits per heavy atom. The molecule has 22 heavy (non-hydrogen) atoms. The van der Waals surface area contributed by atoms with Crippen molar-refractivity contribution in [1.29, 1.82) is 0 Å². The van der Waals surface area contributed by atoms with Crippen LogP contribution in [-0.2, 0) is 17.9 Å². The number of benzene rings is 2. The largest absolute Gasteiger partial charge is 0.467 e. The lowest BCUT2D eigenvalue weighted by Gasteiger charge is -2.21. The van der Waals surface area contributed by atoms with Crippen molar-refractivity contribution in [2.45, 2.75) is 13.2 Å². The van der Waals surface area contributed by atoms with E-state index in [0.29, 0.717) is 33.5 Å². The minimum absolute atomic E-state index is 0.129. The van der Waals surface area contributed by atoms with Crippen LogP contribution < -0.4 is 10.1 Å². The molecule has 0 spiro atoms. The van der Waals surface area contributed by atoms with Gasteiger partial charge < -0.3 is 14.8 Å². The third-order valence-corrected chi connectivity index (χ3v) is 4.00. The summed E-state index contributed by atoms with van der Waals surface area (Å²) >= 11 is 3.33. The van der Waals surface area contributed by atoms with E-state index in [-0.39, 0.29) is 25.1 Å². The van der Waals surface area contributed by atoms with Gasteiger partial charge in [-0.05, 0) is 40.2 Å². The van der Waals surface area contributed by atoms with Gasteiger partial charge in [-0.25, -0.2) is 4.39 Å². The van der Waals surface area contributed by atoms with Gasteiger partial charge in [0.2, 0.25) is 0 Å². The Balaban J connectivity index is 1.78. The van der Waals surface area contributed by atoms with Crippen LogP contribution in [0.15, 0.2) is 40.9 Å². The molecule has 4 nitrogen and oxygen atoms in total. The minimum atomic E-state index is -0.377. The Morgan fingerprint density at radius 2 is 2.14 bits per heavy atom. The molecular formula is C16H13BrFNO3. The molecule has 0 bridgehead atoms. The van der Waals surface area contributed by atoms with Crippen LogP contribution in [0.5, 0.6) is 5.75 Å². The van der Waals surface area contributed by atoms with Crippen molar-refractivity contribution in [1.82, 2.24) is 5.32 Å². The number of nitrogens with one attached hydrogen (secondary N) is 1. The zero-order valence-electron chi connectivity index (χ0n) is 11.6. The molecule has 2 aromatic carbocycles. The highest BCUT2D eigenvalue weighted by molar-refractivity contribution is 9.10. The average Bonchev–Trinajstić information content (AvgIpc) is 2.52. The number of carbonyl (C=O) groups excluding carboxylic acids is 1. The number of rotatable bonds is 3. The molecule has 1 aliphatic rings. The maximum absolute atomic E-state index is 13.6. The van der Waals surface area contributed by atoms with E-state index in [0.717, 1.165) is 0 Å². The van der Waals surface area contributed by atoms with Gasteiger partial charge in [-0.2, -0.15) is 0 Å². The zero-order valence-corrected chi connectivity index (χ0v) is 13.2. The zero-order chi connectivity index (χ0) is 15.5. The molecule has 2 aromatic rings. The highest BCUT2D eigenvalue weighted by Gasteiger charge is 2.18. The van der Waals surface area contributed by atoms with E-state index in [1.54, 1.807) is 18.2 Å². The lowest BCUT2D eigenvalue weighted by Crippen LogP contribution is -2.24. The molecule has 114 valence electrons. The molecule has 0 saturated heterocycles. The number of fused-ring (bicyclic) bond motifs is 1. The fourth-order valence-corrected chi connectivity index (χ4v) is 2.77. The monoisotopic (exact) mass is 365 g/mol. The summed E-state index contributed by atoms with van der Waals surface area (Å²) in [7, 11) is 0. The van der Waals surface area contributed by atoms with Crippen LogP contribution >= 0.6 is 15.9 Å². The first-order chi connectivity index (χ1) is 10.6. The van der Waals surface area contributed by atoms with Crippen LogP contribution in [0.4, 0.5) is 4.39 Å². The molecule has 0 fully saturated rings. The van der Waals surface area contributed by atoms with Crippen molar-refractivity contribution in [3.8, 4) is 5.75 Å². The Bertz CT molecular complexity index is 721. The lowest BCUT2D eigenvalue weighted by molar-refractivity contribution is -0.0173. The minimum Gasteiger partial charge on any atom is -0.467 e. The summed E-state index contributed by atoms with van der Waals surface area (Å²) in [6, 6.07) is 9.87. The van der Waals surface area contributed by atoms with Gasteiger partial charge in [-0.15, -0.1) is 0 Å². The number of carbonyl (C=O) groups is 1. The van der Waals surface area contributed by atoms with E-state index in [2.05, 4.69) is 21.2 Å². The second-order valence-corrected chi connectivity index (χ2v) is 5.68. The quantitative estimate of drug-likeness (QED) is 0.906. The summed E-state index contributed by atoms with van der Waals surface area (Å²) < 4.78 is 24.9. The van der Waals surface area contributed by atoms with Crippen molar-refractivity contribution in [2.24, 2.45) is 0 Å².